The van der Waals surface area contributed by atoms with E-state index < -0.39 is 17.0 Å². The molecule has 1 saturated carbocycles. The van der Waals surface area contributed by atoms with Gasteiger partial charge >= 0.3 is 0 Å². The van der Waals surface area contributed by atoms with Crippen molar-refractivity contribution in [2.45, 2.75) is 57.7 Å². The lowest BCUT2D eigenvalue weighted by molar-refractivity contribution is -0.156. The largest absolute Gasteiger partial charge is 0.339 e. The average Bonchev–Trinajstić information content (AvgIpc) is 2.88. The molecule has 2 amide bonds. The highest BCUT2D eigenvalue weighted by Crippen LogP contribution is 2.43. The molecule has 1 aliphatic carbocycles. The van der Waals surface area contributed by atoms with Crippen LogP contribution in [0.5, 0.6) is 0 Å². The summed E-state index contributed by atoms with van der Waals surface area (Å²) < 4.78 is 14.6. The first-order valence-corrected chi connectivity index (χ1v) is 9.62. The fourth-order valence-electron chi connectivity index (χ4n) is 4.59. The summed E-state index contributed by atoms with van der Waals surface area (Å²) in [5, 5.41) is 0. The fraction of sp³-hybridized carbons (Fsp3) is 0.650. The number of hydrogen-bond acceptors (Lipinski definition) is 3. The third kappa shape index (κ3) is 2.89. The van der Waals surface area contributed by atoms with Gasteiger partial charge in [0.2, 0.25) is 5.91 Å². The van der Waals surface area contributed by atoms with Crippen molar-refractivity contribution >= 4 is 11.8 Å². The molecule has 2 saturated heterocycles. The number of pyridine rings is 1. The quantitative estimate of drug-likeness (QED) is 0.834. The number of halogens is 1. The van der Waals surface area contributed by atoms with Gasteiger partial charge in [-0.15, -0.1) is 0 Å². The van der Waals surface area contributed by atoms with E-state index in [9.17, 15) is 14.0 Å². The van der Waals surface area contributed by atoms with Gasteiger partial charge in [0.05, 0.1) is 17.7 Å². The molecule has 1 aromatic heterocycles. The SMILES string of the molecule is Cc1cccc(CN2CCC3(CCCN(C(=O)C4(F)CCC4)C3)C2=O)n1. The van der Waals surface area contributed by atoms with Crippen LogP contribution in [-0.2, 0) is 16.1 Å². The Hall–Kier alpha value is -1.98. The molecule has 5 nitrogen and oxygen atoms in total. The lowest BCUT2D eigenvalue weighted by Gasteiger charge is -2.43. The summed E-state index contributed by atoms with van der Waals surface area (Å²) in [5.74, 6) is -0.297. The molecule has 0 aromatic carbocycles. The van der Waals surface area contributed by atoms with Crippen molar-refractivity contribution in [3.8, 4) is 0 Å². The van der Waals surface area contributed by atoms with Crippen molar-refractivity contribution in [3.63, 3.8) is 0 Å². The molecule has 0 radical (unpaired) electrons. The van der Waals surface area contributed by atoms with Crippen LogP contribution in [0.1, 0.15) is 49.9 Å². The molecule has 2 aliphatic heterocycles. The number of carbonyl (C=O) groups is 2. The van der Waals surface area contributed by atoms with Crippen LogP contribution in [0, 0.1) is 12.3 Å². The Morgan fingerprint density at radius 3 is 2.69 bits per heavy atom. The number of alkyl halides is 1. The van der Waals surface area contributed by atoms with E-state index in [0.29, 0.717) is 39.0 Å². The maximum Gasteiger partial charge on any atom is 0.260 e. The van der Waals surface area contributed by atoms with Gasteiger partial charge in [-0.2, -0.15) is 0 Å². The Kier molecular flexibility index (Phi) is 4.24. The summed E-state index contributed by atoms with van der Waals surface area (Å²) in [6.07, 6.45) is 3.72. The molecule has 4 rings (SSSR count). The second kappa shape index (κ2) is 6.32. The minimum Gasteiger partial charge on any atom is -0.339 e. The topological polar surface area (TPSA) is 53.5 Å². The number of aryl methyl sites for hydroxylation is 1. The smallest absolute Gasteiger partial charge is 0.260 e. The first kappa shape index (κ1) is 17.4. The molecular weight excluding hydrogens is 333 g/mol. The van der Waals surface area contributed by atoms with E-state index in [1.165, 1.54) is 0 Å². The van der Waals surface area contributed by atoms with Crippen molar-refractivity contribution in [1.82, 2.24) is 14.8 Å². The maximum atomic E-state index is 14.6. The summed E-state index contributed by atoms with van der Waals surface area (Å²) in [6.45, 7) is 4.06. The molecule has 3 fully saturated rings. The van der Waals surface area contributed by atoms with Gasteiger partial charge in [-0.1, -0.05) is 6.07 Å². The van der Waals surface area contributed by atoms with Crippen LogP contribution in [-0.4, -0.2) is 51.9 Å². The predicted octanol–water partition coefficient (Wildman–Crippen LogP) is 2.62. The van der Waals surface area contributed by atoms with Crippen LogP contribution in [0.25, 0.3) is 0 Å². The van der Waals surface area contributed by atoms with Gasteiger partial charge in [0.1, 0.15) is 0 Å². The third-order valence-corrected chi connectivity index (χ3v) is 6.29. The highest BCUT2D eigenvalue weighted by atomic mass is 19.1. The Morgan fingerprint density at radius 2 is 2.00 bits per heavy atom. The van der Waals surface area contributed by atoms with Crippen LogP contribution in [0.4, 0.5) is 4.39 Å². The molecular formula is C20H26FN3O2. The zero-order chi connectivity index (χ0) is 18.4. The molecule has 1 unspecified atom stereocenters. The monoisotopic (exact) mass is 359 g/mol. The fourth-order valence-corrected chi connectivity index (χ4v) is 4.59. The van der Waals surface area contributed by atoms with Crippen molar-refractivity contribution in [3.05, 3.63) is 29.6 Å². The van der Waals surface area contributed by atoms with Crippen molar-refractivity contribution in [2.75, 3.05) is 19.6 Å². The second-order valence-corrected chi connectivity index (χ2v) is 8.18. The van der Waals surface area contributed by atoms with Crippen LogP contribution in [0.3, 0.4) is 0 Å². The highest BCUT2D eigenvalue weighted by molar-refractivity contribution is 5.89. The summed E-state index contributed by atoms with van der Waals surface area (Å²) in [6, 6.07) is 5.83. The molecule has 0 bridgehead atoms. The average molecular weight is 359 g/mol. The normalized spacial score (nSPS) is 27.7. The number of piperidine rings is 1. The lowest BCUT2D eigenvalue weighted by atomic mass is 9.76. The number of likely N-dealkylation sites (tertiary alicyclic amines) is 2. The summed E-state index contributed by atoms with van der Waals surface area (Å²) in [5.41, 5.74) is -0.383. The van der Waals surface area contributed by atoms with Crippen molar-refractivity contribution < 1.29 is 14.0 Å². The Balaban J connectivity index is 1.46. The molecule has 140 valence electrons. The molecule has 0 N–H and O–H groups in total. The summed E-state index contributed by atoms with van der Waals surface area (Å²) >= 11 is 0. The summed E-state index contributed by atoms with van der Waals surface area (Å²) in [7, 11) is 0. The minimum atomic E-state index is -1.68. The van der Waals surface area contributed by atoms with Crippen LogP contribution in [0.2, 0.25) is 0 Å². The van der Waals surface area contributed by atoms with E-state index in [0.717, 1.165) is 37.1 Å². The first-order chi connectivity index (χ1) is 12.4. The van der Waals surface area contributed by atoms with E-state index >= 15 is 0 Å². The number of rotatable bonds is 3. The van der Waals surface area contributed by atoms with E-state index in [2.05, 4.69) is 4.98 Å². The predicted molar refractivity (Wildman–Crippen MR) is 94.9 cm³/mol. The summed E-state index contributed by atoms with van der Waals surface area (Å²) in [4.78, 5) is 33.7. The number of aromatic nitrogens is 1. The number of amides is 2. The lowest BCUT2D eigenvalue weighted by Crippen LogP contribution is -2.56. The number of nitrogens with zero attached hydrogens (tertiary/aromatic N) is 3. The molecule has 1 spiro atoms. The van der Waals surface area contributed by atoms with E-state index in [1.807, 2.05) is 30.0 Å². The molecule has 3 heterocycles. The van der Waals surface area contributed by atoms with Gasteiger partial charge < -0.3 is 9.80 Å². The van der Waals surface area contributed by atoms with Crippen LogP contribution >= 0.6 is 0 Å². The molecule has 26 heavy (non-hydrogen) atoms. The van der Waals surface area contributed by atoms with Gasteiger partial charge in [-0.3, -0.25) is 14.6 Å². The molecule has 1 aromatic rings. The molecule has 6 heteroatoms. The van der Waals surface area contributed by atoms with E-state index in [-0.39, 0.29) is 5.91 Å². The highest BCUT2D eigenvalue weighted by Gasteiger charge is 2.53. The Bertz CT molecular complexity index is 734. The maximum absolute atomic E-state index is 14.6. The van der Waals surface area contributed by atoms with Gasteiger partial charge in [-0.25, -0.2) is 4.39 Å². The Labute approximate surface area is 153 Å². The van der Waals surface area contributed by atoms with Crippen LogP contribution < -0.4 is 0 Å². The Morgan fingerprint density at radius 1 is 1.19 bits per heavy atom. The van der Waals surface area contributed by atoms with Crippen molar-refractivity contribution in [2.24, 2.45) is 5.41 Å². The van der Waals surface area contributed by atoms with Gasteiger partial charge in [-0.05, 0) is 57.6 Å². The molecule has 3 aliphatic rings. The minimum absolute atomic E-state index is 0.0971. The van der Waals surface area contributed by atoms with E-state index in [1.54, 1.807) is 4.90 Å². The zero-order valence-corrected chi connectivity index (χ0v) is 15.3. The van der Waals surface area contributed by atoms with Gasteiger partial charge in [0.25, 0.3) is 5.91 Å². The van der Waals surface area contributed by atoms with Gasteiger partial charge in [0, 0.05) is 25.3 Å². The van der Waals surface area contributed by atoms with Crippen molar-refractivity contribution in [1.29, 1.82) is 0 Å². The second-order valence-electron chi connectivity index (χ2n) is 8.18. The molecule has 1 atom stereocenters. The number of carbonyl (C=O) groups excluding carboxylic acids is 2. The third-order valence-electron chi connectivity index (χ3n) is 6.29. The standard InChI is InChI=1S/C20H26FN3O2/c1-15-5-2-6-16(22-15)13-23-12-10-19(17(23)25)7-4-11-24(14-19)18(26)20(21)8-3-9-20/h2,5-6H,3-4,7-14H2,1H3. The van der Waals surface area contributed by atoms with Crippen LogP contribution in [0.15, 0.2) is 18.2 Å². The van der Waals surface area contributed by atoms with Gasteiger partial charge in [0.15, 0.2) is 5.67 Å². The number of hydrogen-bond donors (Lipinski definition) is 0. The first-order valence-electron chi connectivity index (χ1n) is 9.62. The zero-order valence-electron chi connectivity index (χ0n) is 15.3. The van der Waals surface area contributed by atoms with E-state index in [4.69, 9.17) is 0 Å².